The van der Waals surface area contributed by atoms with E-state index in [1.54, 1.807) is 25.2 Å². The van der Waals surface area contributed by atoms with Crippen molar-refractivity contribution in [1.82, 2.24) is 5.32 Å². The Morgan fingerprint density at radius 1 is 1.30 bits per heavy atom. The number of amides is 1. The third-order valence-electron chi connectivity index (χ3n) is 5.18. The lowest BCUT2D eigenvalue weighted by atomic mass is 9.61. The van der Waals surface area contributed by atoms with E-state index in [1.165, 1.54) is 6.42 Å². The Kier molecular flexibility index (Phi) is 4.92. The van der Waals surface area contributed by atoms with E-state index < -0.39 is 0 Å². The van der Waals surface area contributed by atoms with Gasteiger partial charge in [0.2, 0.25) is 0 Å². The monoisotopic (exact) mass is 318 g/mol. The van der Waals surface area contributed by atoms with Crippen molar-refractivity contribution < 1.29 is 9.90 Å². The van der Waals surface area contributed by atoms with E-state index in [1.807, 2.05) is 0 Å². The fourth-order valence-corrected chi connectivity index (χ4v) is 4.20. The molecular formula is C19H30N2O2. The van der Waals surface area contributed by atoms with Crippen LogP contribution in [0.15, 0.2) is 18.2 Å². The number of phenolic OH excluding ortho intramolecular Hbond substituents is 1. The Balaban J connectivity index is 2.17. The lowest BCUT2D eigenvalue weighted by Gasteiger charge is -2.46. The predicted molar refractivity (Wildman–Crippen MR) is 94.9 cm³/mol. The number of hydrogen-bond acceptors (Lipinski definition) is 3. The van der Waals surface area contributed by atoms with Gasteiger partial charge in [0, 0.05) is 13.1 Å². The lowest BCUT2D eigenvalue weighted by Crippen LogP contribution is -2.46. The quantitative estimate of drug-likeness (QED) is 0.731. The highest BCUT2D eigenvalue weighted by Crippen LogP contribution is 2.47. The van der Waals surface area contributed by atoms with Crippen LogP contribution in [-0.2, 0) is 0 Å². The summed E-state index contributed by atoms with van der Waals surface area (Å²) in [4.78, 5) is 12.6. The zero-order valence-electron chi connectivity index (χ0n) is 15.0. The predicted octanol–water partition coefficient (Wildman–Crippen LogP) is 4.16. The maximum absolute atomic E-state index is 12.6. The fourth-order valence-electron chi connectivity index (χ4n) is 4.20. The van der Waals surface area contributed by atoms with E-state index in [2.05, 4.69) is 38.3 Å². The van der Waals surface area contributed by atoms with Gasteiger partial charge in [-0.05, 0) is 42.2 Å². The molecule has 0 aromatic heterocycles. The second-order valence-corrected chi connectivity index (χ2v) is 8.04. The van der Waals surface area contributed by atoms with Gasteiger partial charge in [0.05, 0.1) is 11.3 Å². The molecule has 1 saturated carbocycles. The van der Waals surface area contributed by atoms with Gasteiger partial charge < -0.3 is 15.7 Å². The summed E-state index contributed by atoms with van der Waals surface area (Å²) in [6, 6.07) is 5.35. The smallest absolute Gasteiger partial charge is 0.255 e. The summed E-state index contributed by atoms with van der Waals surface area (Å²) in [7, 11) is 1.73. The van der Waals surface area contributed by atoms with Crippen molar-refractivity contribution in [3.05, 3.63) is 23.8 Å². The Morgan fingerprint density at radius 3 is 2.61 bits per heavy atom. The molecule has 0 radical (unpaired) electrons. The summed E-state index contributed by atoms with van der Waals surface area (Å²) in [6.07, 6.45) is 4.26. The van der Waals surface area contributed by atoms with E-state index in [9.17, 15) is 9.90 Å². The van der Waals surface area contributed by atoms with Crippen LogP contribution in [0.4, 0.5) is 5.69 Å². The van der Waals surface area contributed by atoms with E-state index in [-0.39, 0.29) is 28.5 Å². The number of anilines is 1. The van der Waals surface area contributed by atoms with Crippen LogP contribution in [-0.4, -0.2) is 24.1 Å². The summed E-state index contributed by atoms with van der Waals surface area (Å²) >= 11 is 0. The Hall–Kier alpha value is -1.71. The van der Waals surface area contributed by atoms with Crippen LogP contribution in [0.1, 0.15) is 63.7 Å². The number of phenols is 1. The van der Waals surface area contributed by atoms with Gasteiger partial charge in [-0.3, -0.25) is 4.79 Å². The van der Waals surface area contributed by atoms with Crippen molar-refractivity contribution in [3.63, 3.8) is 0 Å². The Labute approximate surface area is 139 Å². The molecule has 4 nitrogen and oxygen atoms in total. The van der Waals surface area contributed by atoms with Gasteiger partial charge in [-0.15, -0.1) is 0 Å². The lowest BCUT2D eigenvalue weighted by molar-refractivity contribution is 0.0606. The van der Waals surface area contributed by atoms with Crippen molar-refractivity contribution in [2.45, 2.75) is 59.4 Å². The average molecular weight is 318 g/mol. The second kappa shape index (κ2) is 6.42. The molecule has 1 aromatic carbocycles. The van der Waals surface area contributed by atoms with Crippen LogP contribution in [0, 0.1) is 10.8 Å². The van der Waals surface area contributed by atoms with Crippen molar-refractivity contribution in [2.75, 3.05) is 12.4 Å². The average Bonchev–Trinajstić information content (AvgIpc) is 2.45. The topological polar surface area (TPSA) is 61.4 Å². The highest BCUT2D eigenvalue weighted by atomic mass is 16.3. The zero-order valence-corrected chi connectivity index (χ0v) is 15.0. The Bertz CT molecular complexity index is 583. The summed E-state index contributed by atoms with van der Waals surface area (Å²) in [5.41, 5.74) is 1.38. The van der Waals surface area contributed by atoms with Crippen LogP contribution < -0.4 is 10.6 Å². The molecule has 3 N–H and O–H groups in total. The number of carbonyl (C=O) groups excluding carboxylic acids is 1. The molecule has 0 bridgehead atoms. The molecule has 0 heterocycles. The Morgan fingerprint density at radius 2 is 2.00 bits per heavy atom. The zero-order chi connectivity index (χ0) is 17.3. The molecule has 2 rings (SSSR count). The van der Waals surface area contributed by atoms with Gasteiger partial charge >= 0.3 is 0 Å². The fraction of sp³-hybridized carbons (Fsp3) is 0.632. The molecule has 0 saturated heterocycles. The van der Waals surface area contributed by atoms with Crippen LogP contribution in [0.25, 0.3) is 0 Å². The van der Waals surface area contributed by atoms with E-state index >= 15 is 0 Å². The number of carbonyl (C=O) groups is 1. The maximum atomic E-state index is 12.6. The number of nitrogens with one attached hydrogen (secondary N) is 2. The SMILES string of the molecule is CCC1(C)CC(NC(=O)c2cccc(NC)c2O)CC(C)(C)C1. The van der Waals surface area contributed by atoms with Crippen LogP contribution in [0.3, 0.4) is 0 Å². The minimum atomic E-state index is -0.194. The van der Waals surface area contributed by atoms with E-state index in [0.717, 1.165) is 19.3 Å². The van der Waals surface area contributed by atoms with Crippen LogP contribution in [0.5, 0.6) is 5.75 Å². The molecule has 1 aromatic rings. The van der Waals surface area contributed by atoms with Gasteiger partial charge in [-0.2, -0.15) is 0 Å². The van der Waals surface area contributed by atoms with Gasteiger partial charge in [-0.25, -0.2) is 0 Å². The van der Waals surface area contributed by atoms with Crippen LogP contribution in [0.2, 0.25) is 0 Å². The standard InChI is InChI=1S/C19H30N2O2/c1-6-19(4)11-13(10-18(2,3)12-19)21-17(23)14-8-7-9-15(20-5)16(14)22/h7-9,13,20,22H,6,10-12H2,1-5H3,(H,21,23). The van der Waals surface area contributed by atoms with Crippen molar-refractivity contribution >= 4 is 11.6 Å². The molecule has 4 heteroatoms. The molecule has 2 atom stereocenters. The molecule has 128 valence electrons. The van der Waals surface area contributed by atoms with Gasteiger partial charge in [0.25, 0.3) is 5.91 Å². The first-order chi connectivity index (χ1) is 10.7. The molecule has 1 fully saturated rings. The number of aromatic hydroxyl groups is 1. The van der Waals surface area contributed by atoms with Gasteiger partial charge in [0.1, 0.15) is 0 Å². The largest absolute Gasteiger partial charge is 0.505 e. The highest BCUT2D eigenvalue weighted by Gasteiger charge is 2.40. The number of rotatable bonds is 4. The highest BCUT2D eigenvalue weighted by molar-refractivity contribution is 5.98. The second-order valence-electron chi connectivity index (χ2n) is 8.04. The molecule has 23 heavy (non-hydrogen) atoms. The third-order valence-corrected chi connectivity index (χ3v) is 5.18. The minimum Gasteiger partial charge on any atom is -0.505 e. The molecule has 1 aliphatic carbocycles. The first-order valence-electron chi connectivity index (χ1n) is 8.50. The summed E-state index contributed by atoms with van der Waals surface area (Å²) in [6.45, 7) is 9.09. The number of benzene rings is 1. The first kappa shape index (κ1) is 17.6. The van der Waals surface area contributed by atoms with Crippen molar-refractivity contribution in [3.8, 4) is 5.75 Å². The summed E-state index contributed by atoms with van der Waals surface area (Å²) in [5.74, 6) is -0.179. The molecule has 1 aliphatic rings. The van der Waals surface area contributed by atoms with E-state index in [4.69, 9.17) is 0 Å². The number of para-hydroxylation sites is 1. The number of hydrogen-bond donors (Lipinski definition) is 3. The van der Waals surface area contributed by atoms with Crippen molar-refractivity contribution in [2.24, 2.45) is 10.8 Å². The van der Waals surface area contributed by atoms with E-state index in [0.29, 0.717) is 11.3 Å². The van der Waals surface area contributed by atoms with Gasteiger partial charge in [0.15, 0.2) is 5.75 Å². The third kappa shape index (κ3) is 3.98. The molecular weight excluding hydrogens is 288 g/mol. The molecule has 2 unspecified atom stereocenters. The first-order valence-corrected chi connectivity index (χ1v) is 8.50. The minimum absolute atomic E-state index is 0.0147. The molecule has 1 amide bonds. The maximum Gasteiger partial charge on any atom is 0.255 e. The normalized spacial score (nSPS) is 26.6. The van der Waals surface area contributed by atoms with Gasteiger partial charge in [-0.1, -0.05) is 40.2 Å². The van der Waals surface area contributed by atoms with Crippen molar-refractivity contribution in [1.29, 1.82) is 0 Å². The summed E-state index contributed by atoms with van der Waals surface area (Å²) in [5, 5.41) is 16.3. The molecule has 0 spiro atoms. The summed E-state index contributed by atoms with van der Waals surface area (Å²) < 4.78 is 0. The molecule has 0 aliphatic heterocycles. The van der Waals surface area contributed by atoms with Crippen LogP contribution >= 0.6 is 0 Å².